The molecule has 4 nitrogen and oxygen atoms in total. The first-order valence-electron chi connectivity index (χ1n) is 7.71. The van der Waals surface area contributed by atoms with E-state index in [1.165, 1.54) is 17.3 Å². The van der Waals surface area contributed by atoms with Gasteiger partial charge in [-0.25, -0.2) is 4.98 Å². The maximum absolute atomic E-state index is 12.8. The van der Waals surface area contributed by atoms with Crippen molar-refractivity contribution in [1.82, 2.24) is 9.88 Å². The summed E-state index contributed by atoms with van der Waals surface area (Å²) in [5.41, 5.74) is 1.92. The number of rotatable bonds is 4. The highest BCUT2D eigenvalue weighted by Gasteiger charge is 2.26. The van der Waals surface area contributed by atoms with E-state index in [-0.39, 0.29) is 12.0 Å². The van der Waals surface area contributed by atoms with E-state index in [0.717, 1.165) is 11.4 Å². The van der Waals surface area contributed by atoms with Gasteiger partial charge in [-0.1, -0.05) is 30.3 Å². The second-order valence-corrected chi connectivity index (χ2v) is 6.29. The molecule has 0 radical (unpaired) electrons. The highest BCUT2D eigenvalue weighted by atomic mass is 32.2. The summed E-state index contributed by atoms with van der Waals surface area (Å²) in [6.45, 7) is 1.83. The van der Waals surface area contributed by atoms with Crippen LogP contribution >= 0.6 is 11.8 Å². The Labute approximate surface area is 140 Å². The standard InChI is InChI=1S/C18H20N2O2S/c1-23-17-16(8-5-9-19-17)18(21)20-10-11-22-15(13-20)12-14-6-3-2-4-7-14/h2-9,15H,10-13H2,1H3. The Kier molecular flexibility index (Phi) is 5.31. The van der Waals surface area contributed by atoms with Crippen molar-refractivity contribution in [3.05, 3.63) is 59.8 Å². The van der Waals surface area contributed by atoms with Crippen molar-refractivity contribution in [2.24, 2.45) is 0 Å². The summed E-state index contributed by atoms with van der Waals surface area (Å²) < 4.78 is 5.84. The van der Waals surface area contributed by atoms with Gasteiger partial charge in [-0.15, -0.1) is 11.8 Å². The average Bonchev–Trinajstić information content (AvgIpc) is 2.62. The lowest BCUT2D eigenvalue weighted by Gasteiger charge is -2.33. The van der Waals surface area contributed by atoms with Crippen LogP contribution in [0.5, 0.6) is 0 Å². The Morgan fingerprint density at radius 1 is 1.30 bits per heavy atom. The number of carbonyl (C=O) groups excluding carboxylic acids is 1. The molecule has 120 valence electrons. The van der Waals surface area contributed by atoms with E-state index in [9.17, 15) is 4.79 Å². The van der Waals surface area contributed by atoms with E-state index < -0.39 is 0 Å². The number of hydrogen-bond donors (Lipinski definition) is 0. The molecule has 1 atom stereocenters. The number of aromatic nitrogens is 1. The van der Waals surface area contributed by atoms with Gasteiger partial charge in [-0.05, 0) is 24.0 Å². The number of thioether (sulfide) groups is 1. The molecule has 2 aromatic rings. The zero-order chi connectivity index (χ0) is 16.1. The predicted octanol–water partition coefficient (Wildman–Crippen LogP) is 2.89. The van der Waals surface area contributed by atoms with Crippen LogP contribution in [0.3, 0.4) is 0 Å². The number of carbonyl (C=O) groups is 1. The number of morpholine rings is 1. The second-order valence-electron chi connectivity index (χ2n) is 5.49. The molecule has 1 unspecified atom stereocenters. The van der Waals surface area contributed by atoms with E-state index in [2.05, 4.69) is 17.1 Å². The predicted molar refractivity (Wildman–Crippen MR) is 91.8 cm³/mol. The lowest BCUT2D eigenvalue weighted by Crippen LogP contribution is -2.46. The number of amides is 1. The van der Waals surface area contributed by atoms with Gasteiger partial charge < -0.3 is 9.64 Å². The third kappa shape index (κ3) is 3.92. The summed E-state index contributed by atoms with van der Waals surface area (Å²) in [6.07, 6.45) is 4.54. The Morgan fingerprint density at radius 3 is 2.91 bits per heavy atom. The molecule has 0 N–H and O–H groups in total. The zero-order valence-corrected chi connectivity index (χ0v) is 14.0. The first kappa shape index (κ1) is 16.0. The van der Waals surface area contributed by atoms with E-state index in [1.807, 2.05) is 41.5 Å². The van der Waals surface area contributed by atoms with Crippen molar-refractivity contribution in [1.29, 1.82) is 0 Å². The fraction of sp³-hybridized carbons (Fsp3) is 0.333. The van der Waals surface area contributed by atoms with Gasteiger partial charge in [0.1, 0.15) is 5.03 Å². The first-order valence-corrected chi connectivity index (χ1v) is 8.94. The molecule has 1 amide bonds. The van der Waals surface area contributed by atoms with Crippen molar-refractivity contribution in [3.63, 3.8) is 0 Å². The van der Waals surface area contributed by atoms with Gasteiger partial charge in [0, 0.05) is 25.7 Å². The van der Waals surface area contributed by atoms with Crippen molar-refractivity contribution < 1.29 is 9.53 Å². The van der Waals surface area contributed by atoms with Crippen LogP contribution in [0.25, 0.3) is 0 Å². The molecule has 1 saturated heterocycles. The van der Waals surface area contributed by atoms with Gasteiger partial charge in [-0.2, -0.15) is 0 Å². The zero-order valence-electron chi connectivity index (χ0n) is 13.1. The van der Waals surface area contributed by atoms with Gasteiger partial charge in [0.25, 0.3) is 5.91 Å². The Morgan fingerprint density at radius 2 is 2.13 bits per heavy atom. The second kappa shape index (κ2) is 7.62. The molecule has 3 rings (SSSR count). The minimum Gasteiger partial charge on any atom is -0.374 e. The van der Waals surface area contributed by atoms with Crippen molar-refractivity contribution >= 4 is 17.7 Å². The van der Waals surface area contributed by atoms with Crippen LogP contribution in [0.15, 0.2) is 53.7 Å². The van der Waals surface area contributed by atoms with E-state index in [1.54, 1.807) is 6.20 Å². The molecule has 1 aromatic carbocycles. The topological polar surface area (TPSA) is 42.4 Å². The van der Waals surface area contributed by atoms with Crippen molar-refractivity contribution in [2.75, 3.05) is 26.0 Å². The summed E-state index contributed by atoms with van der Waals surface area (Å²) in [7, 11) is 0. The molecule has 1 fully saturated rings. The average molecular weight is 328 g/mol. The summed E-state index contributed by atoms with van der Waals surface area (Å²) in [4.78, 5) is 19.0. The van der Waals surface area contributed by atoms with Crippen molar-refractivity contribution in [2.45, 2.75) is 17.6 Å². The number of benzene rings is 1. The highest BCUT2D eigenvalue weighted by molar-refractivity contribution is 7.98. The van der Waals surface area contributed by atoms with Crippen LogP contribution in [0.4, 0.5) is 0 Å². The van der Waals surface area contributed by atoms with Crippen LogP contribution in [-0.2, 0) is 11.2 Å². The summed E-state index contributed by atoms with van der Waals surface area (Å²) in [6, 6.07) is 13.9. The third-order valence-electron chi connectivity index (χ3n) is 3.93. The van der Waals surface area contributed by atoms with E-state index in [4.69, 9.17) is 4.74 Å². The van der Waals surface area contributed by atoms with Crippen LogP contribution in [0.2, 0.25) is 0 Å². The number of pyridine rings is 1. The SMILES string of the molecule is CSc1ncccc1C(=O)N1CCOC(Cc2ccccc2)C1. The Balaban J connectivity index is 1.69. The maximum Gasteiger partial charge on any atom is 0.256 e. The Hall–Kier alpha value is -1.85. The smallest absolute Gasteiger partial charge is 0.256 e. The number of ether oxygens (including phenoxy) is 1. The van der Waals surface area contributed by atoms with Gasteiger partial charge in [0.05, 0.1) is 18.3 Å². The minimum absolute atomic E-state index is 0.0452. The van der Waals surface area contributed by atoms with Crippen LogP contribution < -0.4 is 0 Å². The monoisotopic (exact) mass is 328 g/mol. The fourth-order valence-electron chi connectivity index (χ4n) is 2.79. The molecule has 23 heavy (non-hydrogen) atoms. The quantitative estimate of drug-likeness (QED) is 0.810. The number of hydrogen-bond acceptors (Lipinski definition) is 4. The first-order chi connectivity index (χ1) is 11.3. The molecular formula is C18H20N2O2S. The Bertz CT molecular complexity index is 663. The minimum atomic E-state index is 0.0452. The third-order valence-corrected chi connectivity index (χ3v) is 4.64. The van der Waals surface area contributed by atoms with E-state index in [0.29, 0.717) is 25.3 Å². The molecule has 0 saturated carbocycles. The molecule has 1 aliphatic rings. The number of nitrogens with zero attached hydrogens (tertiary/aromatic N) is 2. The lowest BCUT2D eigenvalue weighted by molar-refractivity contribution is -0.0209. The van der Waals surface area contributed by atoms with Crippen LogP contribution in [0.1, 0.15) is 15.9 Å². The molecule has 5 heteroatoms. The van der Waals surface area contributed by atoms with Crippen LogP contribution in [0, 0.1) is 0 Å². The molecule has 0 bridgehead atoms. The molecule has 0 aliphatic carbocycles. The van der Waals surface area contributed by atoms with Gasteiger partial charge in [-0.3, -0.25) is 4.79 Å². The molecule has 1 aliphatic heterocycles. The van der Waals surface area contributed by atoms with Gasteiger partial charge >= 0.3 is 0 Å². The normalized spacial score (nSPS) is 18.0. The molecule has 0 spiro atoms. The lowest BCUT2D eigenvalue weighted by atomic mass is 10.1. The molecule has 1 aromatic heterocycles. The summed E-state index contributed by atoms with van der Waals surface area (Å²) in [5, 5.41) is 0.781. The fourth-order valence-corrected chi connectivity index (χ4v) is 3.33. The maximum atomic E-state index is 12.8. The molecule has 2 heterocycles. The van der Waals surface area contributed by atoms with Gasteiger partial charge in [0.15, 0.2) is 0 Å². The van der Waals surface area contributed by atoms with Crippen molar-refractivity contribution in [3.8, 4) is 0 Å². The molecular weight excluding hydrogens is 308 g/mol. The largest absolute Gasteiger partial charge is 0.374 e. The summed E-state index contributed by atoms with van der Waals surface area (Å²) in [5.74, 6) is 0.0452. The van der Waals surface area contributed by atoms with Crippen LogP contribution in [-0.4, -0.2) is 47.8 Å². The van der Waals surface area contributed by atoms with E-state index >= 15 is 0 Å². The van der Waals surface area contributed by atoms with Gasteiger partial charge in [0.2, 0.25) is 0 Å². The highest BCUT2D eigenvalue weighted by Crippen LogP contribution is 2.20. The summed E-state index contributed by atoms with van der Waals surface area (Å²) >= 11 is 1.50.